The van der Waals surface area contributed by atoms with E-state index in [1.807, 2.05) is 55.2 Å². The van der Waals surface area contributed by atoms with E-state index in [9.17, 15) is 0 Å². The van der Waals surface area contributed by atoms with Gasteiger partial charge in [0.15, 0.2) is 0 Å². The highest BCUT2D eigenvalue weighted by Gasteiger charge is 2.16. The number of fused-ring (bicyclic) bond motifs is 1. The Balaban J connectivity index is 1.54. The third kappa shape index (κ3) is 3.95. The average molecular weight is 463 g/mol. The third-order valence-electron chi connectivity index (χ3n) is 5.31. The minimum absolute atomic E-state index is 0.528. The summed E-state index contributed by atoms with van der Waals surface area (Å²) in [7, 11) is 1.93. The van der Waals surface area contributed by atoms with Crippen molar-refractivity contribution in [2.24, 2.45) is 7.05 Å². The van der Waals surface area contributed by atoms with Crippen molar-refractivity contribution in [3.63, 3.8) is 0 Å². The standard InChI is InChI=1S/C24H20Cl2N6/c1-14-4-3-5-20(29-14)23-22(16-7-9-21-17(11-16)13-28-32(21)2)30-24(31-23)27-12-15-6-8-18(25)19(26)10-15/h3-11,13H,12H2,1-2H3,(H2,27,30,31). The van der Waals surface area contributed by atoms with Gasteiger partial charge in [0.25, 0.3) is 0 Å². The largest absolute Gasteiger partial charge is 0.352 e. The van der Waals surface area contributed by atoms with E-state index in [0.717, 1.165) is 44.8 Å². The van der Waals surface area contributed by atoms with Gasteiger partial charge in [-0.1, -0.05) is 41.4 Å². The van der Waals surface area contributed by atoms with Gasteiger partial charge in [-0.3, -0.25) is 9.67 Å². The number of aromatic nitrogens is 5. The van der Waals surface area contributed by atoms with Crippen molar-refractivity contribution in [1.82, 2.24) is 24.7 Å². The van der Waals surface area contributed by atoms with E-state index in [1.165, 1.54) is 0 Å². The van der Waals surface area contributed by atoms with Crippen LogP contribution in [0, 0.1) is 6.92 Å². The lowest BCUT2D eigenvalue weighted by atomic mass is 10.1. The van der Waals surface area contributed by atoms with Crippen molar-refractivity contribution in [2.45, 2.75) is 13.5 Å². The van der Waals surface area contributed by atoms with Crippen LogP contribution in [0.2, 0.25) is 10.0 Å². The van der Waals surface area contributed by atoms with E-state index in [2.05, 4.69) is 33.6 Å². The minimum Gasteiger partial charge on any atom is -0.352 e. The summed E-state index contributed by atoms with van der Waals surface area (Å²) in [4.78, 5) is 13.0. The Hall–Kier alpha value is -3.35. The van der Waals surface area contributed by atoms with E-state index >= 15 is 0 Å². The summed E-state index contributed by atoms with van der Waals surface area (Å²) in [5, 5.41) is 9.82. The normalized spacial score (nSPS) is 11.2. The number of halogens is 2. The van der Waals surface area contributed by atoms with Crippen molar-refractivity contribution in [3.05, 3.63) is 82.1 Å². The number of anilines is 1. The second-order valence-electron chi connectivity index (χ2n) is 7.62. The molecule has 0 amide bonds. The third-order valence-corrected chi connectivity index (χ3v) is 6.05. The fourth-order valence-corrected chi connectivity index (χ4v) is 4.00. The summed E-state index contributed by atoms with van der Waals surface area (Å²) in [5.41, 5.74) is 6.51. The molecule has 0 spiro atoms. The SMILES string of the molecule is Cc1cccc(-c2[nH]c(NCc3ccc(Cl)c(Cl)c3)nc2-c2ccc3c(cnn3C)c2)n1. The molecule has 32 heavy (non-hydrogen) atoms. The zero-order valence-electron chi connectivity index (χ0n) is 17.5. The molecular weight excluding hydrogens is 443 g/mol. The number of hydrogen-bond donors (Lipinski definition) is 2. The molecule has 0 fully saturated rings. The molecule has 0 aliphatic carbocycles. The molecule has 0 atom stereocenters. The lowest BCUT2D eigenvalue weighted by molar-refractivity contribution is 0.797. The number of aryl methyl sites for hydroxylation is 2. The summed E-state index contributed by atoms with van der Waals surface area (Å²) < 4.78 is 1.86. The molecule has 0 radical (unpaired) electrons. The molecule has 6 nitrogen and oxygen atoms in total. The summed E-state index contributed by atoms with van der Waals surface area (Å²) >= 11 is 12.2. The average Bonchev–Trinajstić information content (AvgIpc) is 3.38. The van der Waals surface area contributed by atoms with Crippen molar-refractivity contribution < 1.29 is 0 Å². The van der Waals surface area contributed by atoms with Crippen LogP contribution >= 0.6 is 23.2 Å². The van der Waals surface area contributed by atoms with Crippen LogP contribution in [0.4, 0.5) is 5.95 Å². The molecule has 2 aromatic carbocycles. The molecule has 8 heteroatoms. The summed E-state index contributed by atoms with van der Waals surface area (Å²) in [6.07, 6.45) is 1.86. The Labute approximate surface area is 195 Å². The molecule has 0 saturated heterocycles. The van der Waals surface area contributed by atoms with Gasteiger partial charge in [-0.2, -0.15) is 5.10 Å². The Morgan fingerprint density at radius 2 is 1.88 bits per heavy atom. The Bertz CT molecular complexity index is 1440. The van der Waals surface area contributed by atoms with Gasteiger partial charge in [0.2, 0.25) is 5.95 Å². The monoisotopic (exact) mass is 462 g/mol. The first-order valence-corrected chi connectivity index (χ1v) is 10.9. The van der Waals surface area contributed by atoms with Gasteiger partial charge < -0.3 is 10.3 Å². The number of benzene rings is 2. The van der Waals surface area contributed by atoms with Gasteiger partial charge in [-0.05, 0) is 48.9 Å². The number of aromatic amines is 1. The van der Waals surface area contributed by atoms with E-state index in [4.69, 9.17) is 33.2 Å². The maximum atomic E-state index is 6.15. The molecule has 3 heterocycles. The predicted molar refractivity (Wildman–Crippen MR) is 130 cm³/mol. The molecule has 2 N–H and O–H groups in total. The number of nitrogens with one attached hydrogen (secondary N) is 2. The number of imidazole rings is 1. The minimum atomic E-state index is 0.528. The van der Waals surface area contributed by atoms with E-state index < -0.39 is 0 Å². The Morgan fingerprint density at radius 1 is 1.00 bits per heavy atom. The van der Waals surface area contributed by atoms with Gasteiger partial charge in [-0.25, -0.2) is 4.98 Å². The van der Waals surface area contributed by atoms with E-state index in [-0.39, 0.29) is 0 Å². The van der Waals surface area contributed by atoms with Crippen molar-refractivity contribution in [1.29, 1.82) is 0 Å². The molecule has 3 aromatic heterocycles. The van der Waals surface area contributed by atoms with Crippen LogP contribution in [0.5, 0.6) is 0 Å². The maximum Gasteiger partial charge on any atom is 0.201 e. The van der Waals surface area contributed by atoms with Crippen LogP contribution < -0.4 is 5.32 Å². The number of H-pyrrole nitrogens is 1. The zero-order chi connectivity index (χ0) is 22.2. The molecule has 0 saturated carbocycles. The first-order chi connectivity index (χ1) is 15.5. The molecule has 5 rings (SSSR count). The lowest BCUT2D eigenvalue weighted by Gasteiger charge is -2.04. The number of hydrogen-bond acceptors (Lipinski definition) is 4. The Morgan fingerprint density at radius 3 is 2.69 bits per heavy atom. The molecular formula is C24H20Cl2N6. The summed E-state index contributed by atoms with van der Waals surface area (Å²) in [6, 6.07) is 17.7. The topological polar surface area (TPSA) is 71.4 Å². The number of rotatable bonds is 5. The molecule has 0 bridgehead atoms. The van der Waals surface area contributed by atoms with Crippen LogP contribution in [-0.2, 0) is 13.6 Å². The van der Waals surface area contributed by atoms with Gasteiger partial charge in [-0.15, -0.1) is 0 Å². The maximum absolute atomic E-state index is 6.15. The van der Waals surface area contributed by atoms with Gasteiger partial charge in [0.1, 0.15) is 0 Å². The molecule has 0 aliphatic rings. The van der Waals surface area contributed by atoms with Gasteiger partial charge in [0, 0.05) is 30.2 Å². The molecule has 5 aromatic rings. The second-order valence-corrected chi connectivity index (χ2v) is 8.43. The van der Waals surface area contributed by atoms with Crippen LogP contribution in [0.3, 0.4) is 0 Å². The van der Waals surface area contributed by atoms with Crippen molar-refractivity contribution in [2.75, 3.05) is 5.32 Å². The molecule has 0 unspecified atom stereocenters. The summed E-state index contributed by atoms with van der Waals surface area (Å²) in [5.74, 6) is 0.649. The number of pyridine rings is 1. The smallest absolute Gasteiger partial charge is 0.201 e. The predicted octanol–water partition coefficient (Wildman–Crippen LogP) is 6.25. The zero-order valence-corrected chi connectivity index (χ0v) is 19.0. The van der Waals surface area contributed by atoms with E-state index in [0.29, 0.717) is 22.5 Å². The van der Waals surface area contributed by atoms with Crippen LogP contribution in [0.25, 0.3) is 33.5 Å². The highest BCUT2D eigenvalue weighted by Crippen LogP contribution is 2.32. The fraction of sp³-hybridized carbons (Fsp3) is 0.125. The van der Waals surface area contributed by atoms with E-state index in [1.54, 1.807) is 6.07 Å². The quantitative estimate of drug-likeness (QED) is 0.323. The van der Waals surface area contributed by atoms with Crippen molar-refractivity contribution in [3.8, 4) is 22.6 Å². The number of nitrogens with zero attached hydrogens (tertiary/aromatic N) is 4. The first-order valence-electron chi connectivity index (χ1n) is 10.1. The first kappa shape index (κ1) is 20.5. The summed E-state index contributed by atoms with van der Waals surface area (Å²) in [6.45, 7) is 2.52. The highest BCUT2D eigenvalue weighted by molar-refractivity contribution is 6.42. The molecule has 0 aliphatic heterocycles. The highest BCUT2D eigenvalue weighted by atomic mass is 35.5. The Kier molecular flexibility index (Phi) is 5.33. The fourth-order valence-electron chi connectivity index (χ4n) is 3.68. The second kappa shape index (κ2) is 8.30. The van der Waals surface area contributed by atoms with Gasteiger partial charge in [0.05, 0.1) is 38.8 Å². The van der Waals surface area contributed by atoms with Crippen LogP contribution in [-0.4, -0.2) is 24.7 Å². The van der Waals surface area contributed by atoms with Crippen LogP contribution in [0.1, 0.15) is 11.3 Å². The lowest BCUT2D eigenvalue weighted by Crippen LogP contribution is -2.01. The van der Waals surface area contributed by atoms with Crippen LogP contribution in [0.15, 0.2) is 60.8 Å². The van der Waals surface area contributed by atoms with Crippen molar-refractivity contribution >= 4 is 40.1 Å². The van der Waals surface area contributed by atoms with Gasteiger partial charge >= 0.3 is 0 Å². The molecule has 160 valence electrons.